The molecule has 1 aromatic heterocycles. The maximum absolute atomic E-state index is 13.4. The van der Waals surface area contributed by atoms with Gasteiger partial charge >= 0.3 is 6.09 Å². The Bertz CT molecular complexity index is 1620. The molecular weight excluding hydrogens is 548 g/mol. The van der Waals surface area contributed by atoms with Gasteiger partial charge in [-0.25, -0.2) is 18.2 Å². The SMILES string of the molecule is CC(C)(C)OC(=O)N(C(N)=NCc1cnc(-c2ccc(Cl)cc2)c(-c2ccccc2)c1)S(=O)(=O)c1ccccc1. The zero-order chi connectivity index (χ0) is 28.9. The lowest BCUT2D eigenvalue weighted by Gasteiger charge is -2.26. The fraction of sp³-hybridized carbons (Fsp3) is 0.167. The van der Waals surface area contributed by atoms with E-state index < -0.39 is 27.7 Å². The highest BCUT2D eigenvalue weighted by Crippen LogP contribution is 2.32. The van der Waals surface area contributed by atoms with Crippen LogP contribution in [0.4, 0.5) is 4.79 Å². The maximum Gasteiger partial charge on any atom is 0.431 e. The highest BCUT2D eigenvalue weighted by atomic mass is 35.5. The van der Waals surface area contributed by atoms with Crippen LogP contribution in [0.3, 0.4) is 0 Å². The first kappa shape index (κ1) is 28.8. The van der Waals surface area contributed by atoms with Crippen molar-refractivity contribution in [2.45, 2.75) is 37.8 Å². The lowest BCUT2D eigenvalue weighted by atomic mass is 9.98. The fourth-order valence-corrected chi connectivity index (χ4v) is 5.20. The zero-order valence-corrected chi connectivity index (χ0v) is 23.9. The molecule has 0 saturated carbocycles. The van der Waals surface area contributed by atoms with E-state index in [0.717, 1.165) is 22.4 Å². The van der Waals surface area contributed by atoms with Crippen LogP contribution in [0.2, 0.25) is 5.02 Å². The average molecular weight is 577 g/mol. The van der Waals surface area contributed by atoms with Gasteiger partial charge in [0, 0.05) is 22.3 Å². The Labute approximate surface area is 239 Å². The van der Waals surface area contributed by atoms with Gasteiger partial charge in [0.2, 0.25) is 5.96 Å². The molecule has 0 spiro atoms. The third-order valence-electron chi connectivity index (χ3n) is 5.62. The molecule has 4 aromatic rings. The predicted octanol–water partition coefficient (Wildman–Crippen LogP) is 6.51. The molecule has 0 unspecified atom stereocenters. The minimum Gasteiger partial charge on any atom is -0.443 e. The van der Waals surface area contributed by atoms with E-state index in [9.17, 15) is 13.2 Å². The molecule has 0 aliphatic rings. The maximum atomic E-state index is 13.4. The van der Waals surface area contributed by atoms with Gasteiger partial charge in [0.15, 0.2) is 0 Å². The monoisotopic (exact) mass is 576 g/mol. The second-order valence-corrected chi connectivity index (χ2v) is 12.1. The predicted molar refractivity (Wildman–Crippen MR) is 157 cm³/mol. The Hall–Kier alpha value is -4.21. The Morgan fingerprint density at radius 2 is 1.55 bits per heavy atom. The van der Waals surface area contributed by atoms with Gasteiger partial charge in [0.1, 0.15) is 5.60 Å². The van der Waals surface area contributed by atoms with Crippen molar-refractivity contribution in [1.82, 2.24) is 9.29 Å². The van der Waals surface area contributed by atoms with Crippen LogP contribution in [0.1, 0.15) is 26.3 Å². The van der Waals surface area contributed by atoms with Crippen LogP contribution in [-0.4, -0.2) is 35.4 Å². The Morgan fingerprint density at radius 1 is 0.950 bits per heavy atom. The van der Waals surface area contributed by atoms with E-state index in [4.69, 9.17) is 22.1 Å². The normalized spacial score (nSPS) is 12.2. The molecule has 0 saturated heterocycles. The summed E-state index contributed by atoms with van der Waals surface area (Å²) >= 11 is 6.08. The first-order valence-corrected chi connectivity index (χ1v) is 14.2. The number of halogens is 1. The van der Waals surface area contributed by atoms with Gasteiger partial charge < -0.3 is 10.5 Å². The molecule has 4 rings (SSSR count). The van der Waals surface area contributed by atoms with Crippen LogP contribution in [0, 0.1) is 0 Å². The highest BCUT2D eigenvalue weighted by molar-refractivity contribution is 7.90. The molecular formula is C30H29ClN4O4S. The van der Waals surface area contributed by atoms with Crippen LogP contribution < -0.4 is 5.73 Å². The number of aromatic nitrogens is 1. The van der Waals surface area contributed by atoms with Crippen molar-refractivity contribution < 1.29 is 17.9 Å². The highest BCUT2D eigenvalue weighted by Gasteiger charge is 2.36. The van der Waals surface area contributed by atoms with Gasteiger partial charge in [0.05, 0.1) is 17.1 Å². The molecule has 10 heteroatoms. The molecule has 0 atom stereocenters. The smallest absolute Gasteiger partial charge is 0.431 e. The number of nitrogens with two attached hydrogens (primary N) is 1. The van der Waals surface area contributed by atoms with Crippen molar-refractivity contribution in [3.63, 3.8) is 0 Å². The van der Waals surface area contributed by atoms with Crippen molar-refractivity contribution in [3.8, 4) is 22.4 Å². The molecule has 1 amide bonds. The fourth-order valence-electron chi connectivity index (χ4n) is 3.82. The topological polar surface area (TPSA) is 115 Å². The van der Waals surface area contributed by atoms with Crippen molar-refractivity contribution >= 4 is 33.7 Å². The number of guanidine groups is 1. The minimum absolute atomic E-state index is 0.0385. The number of carbonyl (C=O) groups is 1. The largest absolute Gasteiger partial charge is 0.443 e. The molecule has 0 bridgehead atoms. The molecule has 206 valence electrons. The summed E-state index contributed by atoms with van der Waals surface area (Å²) in [6.07, 6.45) is 0.482. The van der Waals surface area contributed by atoms with E-state index in [1.165, 1.54) is 12.1 Å². The minimum atomic E-state index is -4.40. The molecule has 8 nitrogen and oxygen atoms in total. The number of pyridine rings is 1. The van der Waals surface area contributed by atoms with Crippen molar-refractivity contribution in [2.75, 3.05) is 0 Å². The van der Waals surface area contributed by atoms with Crippen LogP contribution >= 0.6 is 11.6 Å². The van der Waals surface area contributed by atoms with E-state index in [1.807, 2.05) is 48.5 Å². The number of sulfonamides is 1. The quantitative estimate of drug-likeness (QED) is 0.207. The van der Waals surface area contributed by atoms with Crippen LogP contribution in [0.15, 0.2) is 107 Å². The molecule has 3 aromatic carbocycles. The van der Waals surface area contributed by atoms with Gasteiger partial charge in [-0.3, -0.25) is 4.98 Å². The third-order valence-corrected chi connectivity index (χ3v) is 7.56. The third kappa shape index (κ3) is 6.86. The van der Waals surface area contributed by atoms with Crippen molar-refractivity contribution in [1.29, 1.82) is 0 Å². The van der Waals surface area contributed by atoms with E-state index in [1.54, 1.807) is 57.3 Å². The number of ether oxygens (including phenoxy) is 1. The summed E-state index contributed by atoms with van der Waals surface area (Å²) in [5, 5.41) is 0.617. The lowest BCUT2D eigenvalue weighted by molar-refractivity contribution is 0.0463. The van der Waals surface area contributed by atoms with Gasteiger partial charge in [-0.15, -0.1) is 4.31 Å². The average Bonchev–Trinajstić information content (AvgIpc) is 2.92. The second kappa shape index (κ2) is 11.9. The molecule has 40 heavy (non-hydrogen) atoms. The van der Waals surface area contributed by atoms with Gasteiger partial charge in [0.25, 0.3) is 10.0 Å². The van der Waals surface area contributed by atoms with E-state index in [2.05, 4.69) is 9.98 Å². The summed E-state index contributed by atoms with van der Waals surface area (Å²) in [6, 6.07) is 26.5. The molecule has 0 fully saturated rings. The number of amides is 1. The molecule has 1 heterocycles. The summed E-state index contributed by atoms with van der Waals surface area (Å²) in [5.41, 5.74) is 9.24. The number of rotatable bonds is 6. The standard InChI is InChI=1S/C30H29ClN4O4S/c1-30(2,3)39-29(36)35(40(37,38)25-12-8-5-9-13-25)28(32)34-20-21-18-26(22-10-6-4-7-11-22)27(33-19-21)23-14-16-24(31)17-15-23/h4-19H,20H2,1-3H3,(H2,32,34). The van der Waals surface area contributed by atoms with Crippen LogP contribution in [0.5, 0.6) is 0 Å². The Morgan fingerprint density at radius 3 is 2.15 bits per heavy atom. The van der Waals surface area contributed by atoms with E-state index in [0.29, 0.717) is 14.9 Å². The Kier molecular flexibility index (Phi) is 8.56. The van der Waals surface area contributed by atoms with E-state index in [-0.39, 0.29) is 11.4 Å². The van der Waals surface area contributed by atoms with Crippen LogP contribution in [0.25, 0.3) is 22.4 Å². The van der Waals surface area contributed by atoms with Crippen LogP contribution in [-0.2, 0) is 21.3 Å². The van der Waals surface area contributed by atoms with Gasteiger partial charge in [-0.1, -0.05) is 72.3 Å². The summed E-state index contributed by atoms with van der Waals surface area (Å²) in [7, 11) is -4.40. The summed E-state index contributed by atoms with van der Waals surface area (Å²) in [6.45, 7) is 4.85. The number of hydrogen-bond acceptors (Lipinski definition) is 6. The number of hydrogen-bond donors (Lipinski definition) is 1. The van der Waals surface area contributed by atoms with Gasteiger partial charge in [-0.05, 0) is 62.2 Å². The Balaban J connectivity index is 1.72. The number of benzene rings is 3. The molecule has 2 N–H and O–H groups in total. The first-order valence-electron chi connectivity index (χ1n) is 12.4. The molecule has 0 aliphatic carbocycles. The number of nitrogens with zero attached hydrogens (tertiary/aromatic N) is 3. The summed E-state index contributed by atoms with van der Waals surface area (Å²) < 4.78 is 32.6. The summed E-state index contributed by atoms with van der Waals surface area (Å²) in [4.78, 5) is 21.9. The van der Waals surface area contributed by atoms with Crippen molar-refractivity contribution in [2.24, 2.45) is 10.7 Å². The second-order valence-electron chi connectivity index (χ2n) is 9.85. The molecule has 0 aliphatic heterocycles. The van der Waals surface area contributed by atoms with Gasteiger partial charge in [-0.2, -0.15) is 0 Å². The van der Waals surface area contributed by atoms with E-state index >= 15 is 0 Å². The number of carbonyl (C=O) groups excluding carboxylic acids is 1. The molecule has 0 radical (unpaired) electrons. The van der Waals surface area contributed by atoms with Crippen molar-refractivity contribution in [3.05, 3.63) is 108 Å². The lowest BCUT2D eigenvalue weighted by Crippen LogP contribution is -2.48. The zero-order valence-electron chi connectivity index (χ0n) is 22.3. The number of aliphatic imine (C=N–C) groups is 1. The summed E-state index contributed by atoms with van der Waals surface area (Å²) in [5.74, 6) is -0.527. The first-order chi connectivity index (χ1) is 19.0.